The number of fused-ring (bicyclic) bond motifs is 1. The van der Waals surface area contributed by atoms with Gasteiger partial charge in [0, 0.05) is 16.0 Å². The molecule has 0 aliphatic heterocycles. The number of hydrogen-bond donors (Lipinski definition) is 1. The molecule has 0 saturated heterocycles. The summed E-state index contributed by atoms with van der Waals surface area (Å²) in [6.07, 6.45) is 2.96. The highest BCUT2D eigenvalue weighted by atomic mass is 32.2. The van der Waals surface area contributed by atoms with Crippen molar-refractivity contribution in [1.82, 2.24) is 5.16 Å². The molecule has 0 spiro atoms. The van der Waals surface area contributed by atoms with Crippen LogP contribution >= 0.6 is 11.8 Å². The summed E-state index contributed by atoms with van der Waals surface area (Å²) < 4.78 is 5.22. The number of thioether (sulfide) groups is 1. The van der Waals surface area contributed by atoms with Crippen LogP contribution in [0.5, 0.6) is 0 Å². The van der Waals surface area contributed by atoms with Crippen molar-refractivity contribution in [2.75, 3.05) is 11.1 Å². The lowest BCUT2D eigenvalue weighted by atomic mass is 10.2. The van der Waals surface area contributed by atoms with Gasteiger partial charge in [0.1, 0.15) is 0 Å². The molecule has 0 saturated carbocycles. The van der Waals surface area contributed by atoms with Gasteiger partial charge in [0.05, 0.1) is 5.69 Å². The summed E-state index contributed by atoms with van der Waals surface area (Å²) in [5.41, 5.74) is 2.68. The third-order valence-electron chi connectivity index (χ3n) is 3.34. The molecule has 104 valence electrons. The van der Waals surface area contributed by atoms with E-state index < -0.39 is 0 Å². The predicted octanol–water partition coefficient (Wildman–Crippen LogP) is 3.53. The summed E-state index contributed by atoms with van der Waals surface area (Å²) in [6, 6.07) is 7.63. The largest absolute Gasteiger partial charge is 0.338 e. The molecule has 1 aromatic carbocycles. The lowest BCUT2D eigenvalue weighted by molar-refractivity contribution is 0.102. The van der Waals surface area contributed by atoms with E-state index in [9.17, 15) is 4.79 Å². The number of carbonyl (C=O) groups is 1. The summed E-state index contributed by atoms with van der Waals surface area (Å²) in [4.78, 5) is 13.4. The quantitative estimate of drug-likeness (QED) is 0.874. The Labute approximate surface area is 121 Å². The van der Waals surface area contributed by atoms with E-state index in [1.165, 1.54) is 0 Å². The fourth-order valence-corrected chi connectivity index (χ4v) is 3.11. The van der Waals surface area contributed by atoms with Crippen LogP contribution < -0.4 is 5.32 Å². The lowest BCUT2D eigenvalue weighted by Crippen LogP contribution is -2.12. The van der Waals surface area contributed by atoms with Gasteiger partial charge in [0.25, 0.3) is 5.91 Å². The van der Waals surface area contributed by atoms with Crippen molar-refractivity contribution < 1.29 is 9.32 Å². The van der Waals surface area contributed by atoms with Crippen LogP contribution in [-0.2, 0) is 12.8 Å². The number of amides is 1. The third-order valence-corrected chi connectivity index (χ3v) is 4.22. The van der Waals surface area contributed by atoms with Crippen LogP contribution in [0.4, 0.5) is 5.88 Å². The molecule has 1 amide bonds. The first-order chi connectivity index (χ1) is 9.78. The zero-order chi connectivity index (χ0) is 13.9. The SMILES string of the molecule is CCSc1cccc(C(=O)Nc2onc3c2CCC3)c1. The minimum atomic E-state index is -0.144. The van der Waals surface area contributed by atoms with E-state index in [4.69, 9.17) is 4.52 Å². The summed E-state index contributed by atoms with van der Waals surface area (Å²) in [6.45, 7) is 2.09. The van der Waals surface area contributed by atoms with Crippen molar-refractivity contribution in [3.05, 3.63) is 41.1 Å². The molecule has 1 aliphatic carbocycles. The Morgan fingerprint density at radius 1 is 1.45 bits per heavy atom. The minimum Gasteiger partial charge on any atom is -0.338 e. The van der Waals surface area contributed by atoms with E-state index in [0.29, 0.717) is 11.4 Å². The second-order valence-corrected chi connectivity index (χ2v) is 6.04. The Balaban J connectivity index is 1.77. The van der Waals surface area contributed by atoms with E-state index in [0.717, 1.165) is 41.2 Å². The van der Waals surface area contributed by atoms with Crippen molar-refractivity contribution in [3.63, 3.8) is 0 Å². The van der Waals surface area contributed by atoms with Crippen LogP contribution in [-0.4, -0.2) is 16.8 Å². The molecule has 0 atom stereocenters. The molecule has 0 radical (unpaired) electrons. The fourth-order valence-electron chi connectivity index (χ4n) is 2.40. The molecule has 20 heavy (non-hydrogen) atoms. The van der Waals surface area contributed by atoms with Crippen LogP contribution in [0.3, 0.4) is 0 Å². The first kappa shape index (κ1) is 13.2. The predicted molar refractivity (Wildman–Crippen MR) is 79.3 cm³/mol. The number of anilines is 1. The van der Waals surface area contributed by atoms with Crippen molar-refractivity contribution in [1.29, 1.82) is 0 Å². The zero-order valence-corrected chi connectivity index (χ0v) is 12.1. The normalized spacial score (nSPS) is 13.2. The molecule has 1 heterocycles. The summed E-state index contributed by atoms with van der Waals surface area (Å²) >= 11 is 1.72. The first-order valence-electron chi connectivity index (χ1n) is 6.79. The maximum absolute atomic E-state index is 12.3. The van der Waals surface area contributed by atoms with Crippen LogP contribution in [0.15, 0.2) is 33.7 Å². The Hall–Kier alpha value is -1.75. The van der Waals surface area contributed by atoms with Crippen molar-refractivity contribution >= 4 is 23.6 Å². The van der Waals surface area contributed by atoms with Gasteiger partial charge in [-0.1, -0.05) is 18.1 Å². The number of aromatic nitrogens is 1. The third kappa shape index (κ3) is 2.58. The monoisotopic (exact) mass is 288 g/mol. The number of nitrogens with one attached hydrogen (secondary N) is 1. The van der Waals surface area contributed by atoms with Gasteiger partial charge in [-0.15, -0.1) is 11.8 Å². The van der Waals surface area contributed by atoms with Crippen LogP contribution in [0.25, 0.3) is 0 Å². The highest BCUT2D eigenvalue weighted by Gasteiger charge is 2.22. The number of aryl methyl sites for hydroxylation is 1. The van der Waals surface area contributed by atoms with Gasteiger partial charge < -0.3 is 4.52 Å². The topological polar surface area (TPSA) is 55.1 Å². The number of carbonyl (C=O) groups excluding carboxylic acids is 1. The van der Waals surface area contributed by atoms with Crippen LogP contribution in [0, 0.1) is 0 Å². The Kier molecular flexibility index (Phi) is 3.78. The molecular weight excluding hydrogens is 272 g/mol. The Morgan fingerprint density at radius 2 is 2.35 bits per heavy atom. The van der Waals surface area contributed by atoms with E-state index in [-0.39, 0.29) is 5.91 Å². The van der Waals surface area contributed by atoms with Crippen molar-refractivity contribution in [2.45, 2.75) is 31.1 Å². The van der Waals surface area contributed by atoms with Gasteiger partial charge in [-0.05, 0) is 43.2 Å². The molecule has 0 fully saturated rings. The van der Waals surface area contributed by atoms with Gasteiger partial charge in [-0.3, -0.25) is 10.1 Å². The molecule has 1 aromatic heterocycles. The Bertz CT molecular complexity index is 637. The van der Waals surface area contributed by atoms with Crippen LogP contribution in [0.2, 0.25) is 0 Å². The molecule has 0 unspecified atom stereocenters. The molecule has 4 nitrogen and oxygen atoms in total. The van der Waals surface area contributed by atoms with E-state index >= 15 is 0 Å². The molecule has 3 rings (SSSR count). The smallest absolute Gasteiger partial charge is 0.258 e. The average molecular weight is 288 g/mol. The summed E-state index contributed by atoms with van der Waals surface area (Å²) in [5.74, 6) is 1.35. The molecule has 5 heteroatoms. The standard InChI is InChI=1S/C15H16N2O2S/c1-2-20-11-6-3-5-10(9-11)14(18)16-15-12-7-4-8-13(12)17-19-15/h3,5-6,9H,2,4,7-8H2,1H3,(H,16,18). The van der Waals surface area contributed by atoms with Gasteiger partial charge in [0.2, 0.25) is 5.88 Å². The fraction of sp³-hybridized carbons (Fsp3) is 0.333. The maximum Gasteiger partial charge on any atom is 0.258 e. The van der Waals surface area contributed by atoms with Crippen molar-refractivity contribution in [3.8, 4) is 0 Å². The first-order valence-corrected chi connectivity index (χ1v) is 7.78. The van der Waals surface area contributed by atoms with E-state index in [2.05, 4.69) is 17.4 Å². The van der Waals surface area contributed by atoms with Gasteiger partial charge in [-0.25, -0.2) is 0 Å². The van der Waals surface area contributed by atoms with E-state index in [1.807, 2.05) is 24.3 Å². The van der Waals surface area contributed by atoms with Crippen LogP contribution in [0.1, 0.15) is 35.0 Å². The highest BCUT2D eigenvalue weighted by Crippen LogP contribution is 2.28. The second kappa shape index (κ2) is 5.71. The molecular formula is C15H16N2O2S. The summed E-state index contributed by atoms with van der Waals surface area (Å²) in [7, 11) is 0. The van der Waals surface area contributed by atoms with E-state index in [1.54, 1.807) is 11.8 Å². The molecule has 1 N–H and O–H groups in total. The van der Waals surface area contributed by atoms with Crippen molar-refractivity contribution in [2.24, 2.45) is 0 Å². The second-order valence-electron chi connectivity index (χ2n) is 4.71. The van der Waals surface area contributed by atoms with Gasteiger partial charge >= 0.3 is 0 Å². The minimum absolute atomic E-state index is 0.144. The zero-order valence-electron chi connectivity index (χ0n) is 11.3. The highest BCUT2D eigenvalue weighted by molar-refractivity contribution is 7.99. The number of rotatable bonds is 4. The molecule has 1 aliphatic rings. The molecule has 2 aromatic rings. The molecule has 0 bridgehead atoms. The average Bonchev–Trinajstić information content (AvgIpc) is 3.04. The van der Waals surface area contributed by atoms with Gasteiger partial charge in [-0.2, -0.15) is 0 Å². The maximum atomic E-state index is 12.3. The Morgan fingerprint density at radius 3 is 3.20 bits per heavy atom. The number of hydrogen-bond acceptors (Lipinski definition) is 4. The van der Waals surface area contributed by atoms with Gasteiger partial charge in [0.15, 0.2) is 0 Å². The number of nitrogens with zero attached hydrogens (tertiary/aromatic N) is 1. The number of benzene rings is 1. The summed E-state index contributed by atoms with van der Waals surface area (Å²) in [5, 5.41) is 6.83. The lowest BCUT2D eigenvalue weighted by Gasteiger charge is -2.05.